The number of carbonyl (C=O) groups excluding carboxylic acids is 1. The number of hydrogen-bond donors (Lipinski definition) is 0. The Kier molecular flexibility index (Phi) is 1.85. The van der Waals surface area contributed by atoms with E-state index >= 15 is 0 Å². The van der Waals surface area contributed by atoms with E-state index in [0.717, 1.165) is 11.8 Å². The normalized spacial score (nSPS) is 17.5. The van der Waals surface area contributed by atoms with E-state index in [1.807, 2.05) is 54.6 Å². The first-order valence-corrected chi connectivity index (χ1v) is 4.26. The summed E-state index contributed by atoms with van der Waals surface area (Å²) < 4.78 is 0. The molecule has 1 aliphatic carbocycles. The third-order valence-corrected chi connectivity index (χ3v) is 2.32. The van der Waals surface area contributed by atoms with Gasteiger partial charge < -0.3 is 4.79 Å². The van der Waals surface area contributed by atoms with Crippen LogP contribution in [0.5, 0.6) is 0 Å². The number of benzene rings is 1. The van der Waals surface area contributed by atoms with Crippen molar-refractivity contribution in [3.8, 4) is 0 Å². The molecule has 64 valence electrons. The Morgan fingerprint density at radius 1 is 1.00 bits per heavy atom. The molecule has 1 heteroatoms. The molecule has 0 spiro atoms. The standard InChI is InChI=1S/C12H10O/c13-10-12(8-4-5-9-12)11-6-2-1-3-7-11/h1-10H. The molecule has 13 heavy (non-hydrogen) atoms. The minimum Gasteiger partial charge on any atom is -0.302 e. The van der Waals surface area contributed by atoms with Crippen LogP contribution in [-0.4, -0.2) is 6.29 Å². The molecule has 0 fully saturated rings. The van der Waals surface area contributed by atoms with Crippen molar-refractivity contribution < 1.29 is 4.79 Å². The molecule has 0 amide bonds. The molecule has 1 aromatic rings. The molecule has 0 atom stereocenters. The van der Waals surface area contributed by atoms with E-state index in [4.69, 9.17) is 0 Å². The highest BCUT2D eigenvalue weighted by atomic mass is 16.1. The summed E-state index contributed by atoms with van der Waals surface area (Å²) in [7, 11) is 0. The Hall–Kier alpha value is -1.63. The first kappa shape index (κ1) is 7.99. The molecule has 1 nitrogen and oxygen atoms in total. The van der Waals surface area contributed by atoms with Gasteiger partial charge in [-0.1, -0.05) is 54.6 Å². The van der Waals surface area contributed by atoms with E-state index in [1.165, 1.54) is 0 Å². The molecule has 1 aromatic carbocycles. The monoisotopic (exact) mass is 170 g/mol. The first-order valence-electron chi connectivity index (χ1n) is 4.26. The smallest absolute Gasteiger partial charge is 0.138 e. The van der Waals surface area contributed by atoms with Gasteiger partial charge >= 0.3 is 0 Å². The molecule has 0 heterocycles. The van der Waals surface area contributed by atoms with Gasteiger partial charge in [-0.15, -0.1) is 0 Å². The molecule has 0 saturated carbocycles. The van der Waals surface area contributed by atoms with Crippen molar-refractivity contribution >= 4 is 6.29 Å². The van der Waals surface area contributed by atoms with Crippen LogP contribution in [0, 0.1) is 0 Å². The fraction of sp³-hybridized carbons (Fsp3) is 0.0833. The van der Waals surface area contributed by atoms with Crippen LogP contribution in [-0.2, 0) is 10.2 Å². The molecule has 0 aliphatic heterocycles. The highest BCUT2D eigenvalue weighted by Gasteiger charge is 2.27. The van der Waals surface area contributed by atoms with Gasteiger partial charge in [0.1, 0.15) is 6.29 Å². The van der Waals surface area contributed by atoms with E-state index in [-0.39, 0.29) is 0 Å². The Labute approximate surface area is 77.4 Å². The van der Waals surface area contributed by atoms with Crippen LogP contribution in [0.3, 0.4) is 0 Å². The van der Waals surface area contributed by atoms with Crippen LogP contribution in [0.1, 0.15) is 5.56 Å². The molecule has 0 saturated heterocycles. The van der Waals surface area contributed by atoms with Crippen LogP contribution < -0.4 is 0 Å². The van der Waals surface area contributed by atoms with Crippen molar-refractivity contribution in [1.29, 1.82) is 0 Å². The average molecular weight is 170 g/mol. The van der Waals surface area contributed by atoms with E-state index in [1.54, 1.807) is 0 Å². The summed E-state index contributed by atoms with van der Waals surface area (Å²) in [6.45, 7) is 0. The maximum absolute atomic E-state index is 11.0. The Bertz CT molecular complexity index is 348. The van der Waals surface area contributed by atoms with E-state index < -0.39 is 5.41 Å². The van der Waals surface area contributed by atoms with Gasteiger partial charge in [-0.05, 0) is 5.56 Å². The molecule has 0 radical (unpaired) electrons. The maximum atomic E-state index is 11.0. The van der Waals surface area contributed by atoms with Crippen LogP contribution in [0.4, 0.5) is 0 Å². The molecule has 0 N–H and O–H groups in total. The zero-order valence-corrected chi connectivity index (χ0v) is 7.18. The van der Waals surface area contributed by atoms with Crippen molar-refractivity contribution in [3.63, 3.8) is 0 Å². The summed E-state index contributed by atoms with van der Waals surface area (Å²) in [6.07, 6.45) is 8.61. The third kappa shape index (κ3) is 1.22. The average Bonchev–Trinajstić information content (AvgIpc) is 2.69. The number of rotatable bonds is 2. The van der Waals surface area contributed by atoms with Crippen molar-refractivity contribution in [2.45, 2.75) is 5.41 Å². The third-order valence-electron chi connectivity index (χ3n) is 2.32. The summed E-state index contributed by atoms with van der Waals surface area (Å²) in [5.74, 6) is 0. The van der Waals surface area contributed by atoms with Gasteiger partial charge in [0.2, 0.25) is 0 Å². The molecule has 0 unspecified atom stereocenters. The fourth-order valence-electron chi connectivity index (χ4n) is 1.55. The van der Waals surface area contributed by atoms with E-state index in [9.17, 15) is 4.79 Å². The van der Waals surface area contributed by atoms with E-state index in [2.05, 4.69) is 0 Å². The second kappa shape index (κ2) is 3.02. The summed E-state index contributed by atoms with van der Waals surface area (Å²) >= 11 is 0. The summed E-state index contributed by atoms with van der Waals surface area (Å²) in [5, 5.41) is 0. The minimum atomic E-state index is -0.513. The van der Waals surface area contributed by atoms with Gasteiger partial charge in [0.15, 0.2) is 0 Å². The van der Waals surface area contributed by atoms with Crippen LogP contribution in [0.15, 0.2) is 54.6 Å². The second-order valence-electron chi connectivity index (χ2n) is 3.14. The highest BCUT2D eigenvalue weighted by Crippen LogP contribution is 2.28. The van der Waals surface area contributed by atoms with Crippen LogP contribution in [0.2, 0.25) is 0 Å². The van der Waals surface area contributed by atoms with Crippen molar-refractivity contribution in [1.82, 2.24) is 0 Å². The van der Waals surface area contributed by atoms with Gasteiger partial charge in [0, 0.05) is 0 Å². The fourth-order valence-corrected chi connectivity index (χ4v) is 1.55. The summed E-state index contributed by atoms with van der Waals surface area (Å²) in [5.41, 5.74) is 0.511. The zero-order valence-electron chi connectivity index (χ0n) is 7.18. The maximum Gasteiger partial charge on any atom is 0.138 e. The topological polar surface area (TPSA) is 17.1 Å². The number of allylic oxidation sites excluding steroid dienone is 4. The predicted molar refractivity (Wildman–Crippen MR) is 52.5 cm³/mol. The van der Waals surface area contributed by atoms with Crippen LogP contribution in [0.25, 0.3) is 0 Å². The molecule has 0 aromatic heterocycles. The highest BCUT2D eigenvalue weighted by molar-refractivity contribution is 5.77. The summed E-state index contributed by atoms with van der Waals surface area (Å²) in [4.78, 5) is 11.0. The van der Waals surface area contributed by atoms with Gasteiger partial charge in [0.25, 0.3) is 0 Å². The van der Waals surface area contributed by atoms with Gasteiger partial charge in [0.05, 0.1) is 5.41 Å². The Morgan fingerprint density at radius 3 is 2.15 bits per heavy atom. The number of aldehydes is 1. The quantitative estimate of drug-likeness (QED) is 0.622. The molecular formula is C12H10O. The molecule has 2 rings (SSSR count). The van der Waals surface area contributed by atoms with Crippen molar-refractivity contribution in [3.05, 3.63) is 60.2 Å². The molecular weight excluding hydrogens is 160 g/mol. The predicted octanol–water partition coefficient (Wildman–Crippen LogP) is 2.25. The Morgan fingerprint density at radius 2 is 1.62 bits per heavy atom. The lowest BCUT2D eigenvalue weighted by molar-refractivity contribution is -0.110. The largest absolute Gasteiger partial charge is 0.302 e. The zero-order chi connectivity index (χ0) is 9.15. The van der Waals surface area contributed by atoms with Crippen molar-refractivity contribution in [2.75, 3.05) is 0 Å². The van der Waals surface area contributed by atoms with Crippen LogP contribution >= 0.6 is 0 Å². The lowest BCUT2D eigenvalue weighted by atomic mass is 9.84. The molecule has 0 bridgehead atoms. The second-order valence-corrected chi connectivity index (χ2v) is 3.14. The lowest BCUT2D eigenvalue weighted by Gasteiger charge is -2.17. The van der Waals surface area contributed by atoms with Gasteiger partial charge in [-0.25, -0.2) is 0 Å². The lowest BCUT2D eigenvalue weighted by Crippen LogP contribution is -2.20. The first-order chi connectivity index (χ1) is 6.37. The SMILES string of the molecule is O=CC1(c2ccccc2)C=CC=C1. The Balaban J connectivity index is 2.50. The number of hydrogen-bond acceptors (Lipinski definition) is 1. The minimum absolute atomic E-state index is 0.513. The summed E-state index contributed by atoms with van der Waals surface area (Å²) in [6, 6.07) is 9.77. The number of carbonyl (C=O) groups is 1. The van der Waals surface area contributed by atoms with Gasteiger partial charge in [-0.2, -0.15) is 0 Å². The van der Waals surface area contributed by atoms with E-state index in [0.29, 0.717) is 0 Å². The molecule has 1 aliphatic rings. The van der Waals surface area contributed by atoms with Crippen molar-refractivity contribution in [2.24, 2.45) is 0 Å². The van der Waals surface area contributed by atoms with Gasteiger partial charge in [-0.3, -0.25) is 0 Å².